The van der Waals surface area contributed by atoms with Crippen LogP contribution in [0.4, 0.5) is 4.79 Å². The molecule has 3 saturated heterocycles. The molecular formula is C14H22N4O3. The van der Waals surface area contributed by atoms with Gasteiger partial charge in [-0.05, 0) is 44.7 Å². The van der Waals surface area contributed by atoms with Gasteiger partial charge in [0.05, 0.1) is 6.54 Å². The lowest BCUT2D eigenvalue weighted by atomic mass is 9.88. The summed E-state index contributed by atoms with van der Waals surface area (Å²) in [7, 11) is 0. The molecule has 4 amide bonds. The van der Waals surface area contributed by atoms with Gasteiger partial charge in [-0.15, -0.1) is 0 Å². The normalized spacial score (nSPS) is 30.4. The van der Waals surface area contributed by atoms with Crippen LogP contribution in [-0.4, -0.2) is 54.5 Å². The van der Waals surface area contributed by atoms with Gasteiger partial charge in [0.25, 0.3) is 5.91 Å². The molecule has 3 aliphatic rings. The Bertz CT molecular complexity index is 461. The van der Waals surface area contributed by atoms with Crippen LogP contribution in [0.15, 0.2) is 0 Å². The van der Waals surface area contributed by atoms with Gasteiger partial charge in [-0.25, -0.2) is 4.79 Å². The minimum Gasteiger partial charge on any atom is -0.340 e. The second kappa shape index (κ2) is 5.63. The third-order valence-electron chi connectivity index (χ3n) is 4.78. The molecular weight excluding hydrogens is 272 g/mol. The van der Waals surface area contributed by atoms with E-state index in [2.05, 4.69) is 16.0 Å². The van der Waals surface area contributed by atoms with E-state index in [0.717, 1.165) is 32.4 Å². The second-order valence-corrected chi connectivity index (χ2v) is 6.31. The van der Waals surface area contributed by atoms with Crippen LogP contribution in [0.3, 0.4) is 0 Å². The van der Waals surface area contributed by atoms with Crippen molar-refractivity contribution < 1.29 is 14.4 Å². The number of hydrogen-bond acceptors (Lipinski definition) is 4. The Kier molecular flexibility index (Phi) is 3.84. The number of carbonyl (C=O) groups excluding carboxylic acids is 3. The number of nitrogens with one attached hydrogen (secondary N) is 3. The molecule has 0 aromatic heterocycles. The summed E-state index contributed by atoms with van der Waals surface area (Å²) >= 11 is 0. The van der Waals surface area contributed by atoms with E-state index >= 15 is 0 Å². The molecule has 3 heterocycles. The number of piperidine rings is 2. The van der Waals surface area contributed by atoms with Gasteiger partial charge in [0, 0.05) is 13.0 Å². The summed E-state index contributed by atoms with van der Waals surface area (Å²) in [6.07, 6.45) is 3.95. The molecule has 7 heteroatoms. The third-order valence-corrected chi connectivity index (χ3v) is 4.78. The Morgan fingerprint density at radius 1 is 1.29 bits per heavy atom. The number of hydrogen-bond donors (Lipinski definition) is 3. The first-order valence-electron chi connectivity index (χ1n) is 7.71. The quantitative estimate of drug-likeness (QED) is 0.603. The van der Waals surface area contributed by atoms with Crippen molar-refractivity contribution in [2.75, 3.05) is 26.2 Å². The Morgan fingerprint density at radius 3 is 2.71 bits per heavy atom. The monoisotopic (exact) mass is 294 g/mol. The SMILES string of the molecule is O=C1NC(=O)C2(CCCN(C(=O)CC3CCNCC3)C2)N1. The van der Waals surface area contributed by atoms with Gasteiger partial charge in [-0.2, -0.15) is 0 Å². The van der Waals surface area contributed by atoms with E-state index in [9.17, 15) is 14.4 Å². The maximum absolute atomic E-state index is 12.5. The van der Waals surface area contributed by atoms with Crippen molar-refractivity contribution in [2.24, 2.45) is 5.92 Å². The number of rotatable bonds is 2. The molecule has 1 unspecified atom stereocenters. The average Bonchev–Trinajstić information content (AvgIpc) is 2.74. The first-order valence-corrected chi connectivity index (χ1v) is 7.71. The first kappa shape index (κ1) is 14.3. The number of nitrogens with zero attached hydrogens (tertiary/aromatic N) is 1. The van der Waals surface area contributed by atoms with E-state index in [-0.39, 0.29) is 11.8 Å². The van der Waals surface area contributed by atoms with Crippen LogP contribution in [0, 0.1) is 5.92 Å². The molecule has 0 radical (unpaired) electrons. The zero-order valence-electron chi connectivity index (χ0n) is 12.1. The van der Waals surface area contributed by atoms with Gasteiger partial charge in [0.1, 0.15) is 5.54 Å². The molecule has 0 aromatic rings. The summed E-state index contributed by atoms with van der Waals surface area (Å²) in [5, 5.41) is 8.28. The maximum atomic E-state index is 12.5. The Balaban J connectivity index is 1.61. The Labute approximate surface area is 123 Å². The van der Waals surface area contributed by atoms with E-state index in [1.165, 1.54) is 0 Å². The summed E-state index contributed by atoms with van der Waals surface area (Å²) in [6, 6.07) is -0.451. The van der Waals surface area contributed by atoms with Crippen molar-refractivity contribution in [2.45, 2.75) is 37.6 Å². The maximum Gasteiger partial charge on any atom is 0.322 e. The van der Waals surface area contributed by atoms with E-state index in [4.69, 9.17) is 0 Å². The minimum absolute atomic E-state index is 0.106. The van der Waals surface area contributed by atoms with Crippen molar-refractivity contribution >= 4 is 17.8 Å². The summed E-state index contributed by atoms with van der Waals surface area (Å²) in [5.41, 5.74) is -0.904. The molecule has 21 heavy (non-hydrogen) atoms. The molecule has 7 nitrogen and oxygen atoms in total. The highest BCUT2D eigenvalue weighted by Crippen LogP contribution is 2.26. The number of amides is 4. The standard InChI is InChI=1S/C14H22N4O3/c19-11(8-10-2-5-15-6-3-10)18-7-1-4-14(9-18)12(20)16-13(21)17-14/h10,15H,1-9H2,(H2,16,17,20,21). The fraction of sp³-hybridized carbons (Fsp3) is 0.786. The molecule has 116 valence electrons. The number of likely N-dealkylation sites (tertiary alicyclic amines) is 1. The van der Waals surface area contributed by atoms with Gasteiger partial charge in [-0.3, -0.25) is 14.9 Å². The molecule has 0 saturated carbocycles. The average molecular weight is 294 g/mol. The molecule has 3 N–H and O–H groups in total. The van der Waals surface area contributed by atoms with Crippen molar-refractivity contribution in [3.05, 3.63) is 0 Å². The zero-order valence-corrected chi connectivity index (χ0v) is 12.1. The van der Waals surface area contributed by atoms with Crippen LogP contribution >= 0.6 is 0 Å². The van der Waals surface area contributed by atoms with E-state index in [1.54, 1.807) is 4.90 Å². The van der Waals surface area contributed by atoms with Gasteiger partial charge in [0.15, 0.2) is 0 Å². The molecule has 1 spiro atoms. The molecule has 1 atom stereocenters. The summed E-state index contributed by atoms with van der Waals surface area (Å²) in [6.45, 7) is 2.92. The van der Waals surface area contributed by atoms with Gasteiger partial charge in [-0.1, -0.05) is 0 Å². The van der Waals surface area contributed by atoms with E-state index < -0.39 is 11.6 Å². The van der Waals surface area contributed by atoms with Crippen molar-refractivity contribution in [1.82, 2.24) is 20.9 Å². The molecule has 0 bridgehead atoms. The Hall–Kier alpha value is -1.63. The Morgan fingerprint density at radius 2 is 2.05 bits per heavy atom. The lowest BCUT2D eigenvalue weighted by Crippen LogP contribution is -2.59. The summed E-state index contributed by atoms with van der Waals surface area (Å²) in [5.74, 6) is 0.241. The highest BCUT2D eigenvalue weighted by molar-refractivity contribution is 6.07. The highest BCUT2D eigenvalue weighted by atomic mass is 16.2. The molecule has 3 fully saturated rings. The van der Waals surface area contributed by atoms with Gasteiger partial charge >= 0.3 is 6.03 Å². The van der Waals surface area contributed by atoms with Crippen LogP contribution in [0.2, 0.25) is 0 Å². The van der Waals surface area contributed by atoms with Gasteiger partial charge in [0.2, 0.25) is 5.91 Å². The van der Waals surface area contributed by atoms with Crippen LogP contribution < -0.4 is 16.0 Å². The van der Waals surface area contributed by atoms with Crippen LogP contribution in [0.1, 0.15) is 32.1 Å². The first-order chi connectivity index (χ1) is 10.1. The zero-order chi connectivity index (χ0) is 14.9. The second-order valence-electron chi connectivity index (χ2n) is 6.31. The minimum atomic E-state index is -0.904. The number of carbonyl (C=O) groups is 3. The van der Waals surface area contributed by atoms with Gasteiger partial charge < -0.3 is 15.5 Å². The third kappa shape index (κ3) is 2.88. The number of imide groups is 1. The lowest BCUT2D eigenvalue weighted by molar-refractivity contribution is -0.137. The van der Waals surface area contributed by atoms with Crippen LogP contribution in [0.25, 0.3) is 0 Å². The van der Waals surface area contributed by atoms with Crippen molar-refractivity contribution in [1.29, 1.82) is 0 Å². The van der Waals surface area contributed by atoms with E-state index in [1.807, 2.05) is 0 Å². The van der Waals surface area contributed by atoms with Crippen molar-refractivity contribution in [3.8, 4) is 0 Å². The van der Waals surface area contributed by atoms with Crippen molar-refractivity contribution in [3.63, 3.8) is 0 Å². The smallest absolute Gasteiger partial charge is 0.322 e. The molecule has 3 rings (SSSR count). The predicted octanol–water partition coefficient (Wildman–Crippen LogP) is -0.423. The molecule has 0 aliphatic carbocycles. The fourth-order valence-electron chi connectivity index (χ4n) is 3.55. The summed E-state index contributed by atoms with van der Waals surface area (Å²) in [4.78, 5) is 37.5. The molecule has 0 aromatic carbocycles. The number of urea groups is 1. The predicted molar refractivity (Wildman–Crippen MR) is 75.4 cm³/mol. The highest BCUT2D eigenvalue weighted by Gasteiger charge is 2.49. The van der Waals surface area contributed by atoms with Crippen LogP contribution in [-0.2, 0) is 9.59 Å². The molecule has 3 aliphatic heterocycles. The fourth-order valence-corrected chi connectivity index (χ4v) is 3.55. The largest absolute Gasteiger partial charge is 0.340 e. The van der Waals surface area contributed by atoms with Crippen LogP contribution in [0.5, 0.6) is 0 Å². The van der Waals surface area contributed by atoms with E-state index in [0.29, 0.717) is 31.8 Å². The lowest BCUT2D eigenvalue weighted by Gasteiger charge is -2.38. The topological polar surface area (TPSA) is 90.5 Å². The summed E-state index contributed by atoms with van der Waals surface area (Å²) < 4.78 is 0.